The molecule has 0 aliphatic carbocycles. The Morgan fingerprint density at radius 2 is 0.884 bits per heavy atom. The summed E-state index contributed by atoms with van der Waals surface area (Å²) in [5, 5.41) is 19.6. The normalized spacial score (nSPS) is 16.0. The minimum Gasteiger partial charge on any atom is -0.481 e. The van der Waals surface area contributed by atoms with E-state index in [0.29, 0.717) is 25.0 Å². The summed E-state index contributed by atoms with van der Waals surface area (Å²) in [5.74, 6) is 1.10. The number of aliphatic carboxylic acids is 2. The lowest BCUT2D eigenvalue weighted by molar-refractivity contribution is -0.142. The molecule has 0 fully saturated rings. The molecule has 0 heterocycles. The molecule has 0 saturated heterocycles. The maximum atomic E-state index is 11.9. The van der Waals surface area contributed by atoms with Gasteiger partial charge in [-0.05, 0) is 61.9 Å². The molecule has 0 saturated carbocycles. The van der Waals surface area contributed by atoms with Gasteiger partial charge in [-0.3, -0.25) is 9.59 Å². The van der Waals surface area contributed by atoms with Crippen LogP contribution in [0.5, 0.6) is 0 Å². The molecule has 7 heteroatoms. The summed E-state index contributed by atoms with van der Waals surface area (Å²) >= 11 is 3.68. The molecule has 43 heavy (non-hydrogen) atoms. The minimum absolute atomic E-state index is 0.0346. The maximum absolute atomic E-state index is 11.9. The fraction of sp³-hybridized carbons (Fsp3) is 0.944. The Morgan fingerprint density at radius 3 is 1.21 bits per heavy atom. The van der Waals surface area contributed by atoms with Gasteiger partial charge in [-0.25, -0.2) is 0 Å². The first-order valence-corrected chi connectivity index (χ1v) is 20.1. The molecule has 6 unspecified atom stereocenters. The highest BCUT2D eigenvalue weighted by Crippen LogP contribution is 2.31. The van der Waals surface area contributed by atoms with E-state index in [-0.39, 0.29) is 10.5 Å². The van der Waals surface area contributed by atoms with Gasteiger partial charge in [0.2, 0.25) is 0 Å². The third-order valence-electron chi connectivity index (χ3n) is 8.94. The monoisotopic (exact) mass is 646 g/mol. The van der Waals surface area contributed by atoms with Crippen LogP contribution >= 0.6 is 23.5 Å². The van der Waals surface area contributed by atoms with Gasteiger partial charge in [0.05, 0.1) is 11.8 Å². The number of thioether (sulfide) groups is 2. The zero-order chi connectivity index (χ0) is 32.3. The van der Waals surface area contributed by atoms with Crippen molar-refractivity contribution in [2.24, 2.45) is 23.7 Å². The zero-order valence-electron chi connectivity index (χ0n) is 29.0. The van der Waals surface area contributed by atoms with Gasteiger partial charge in [0.1, 0.15) is 0 Å². The maximum Gasteiger partial charge on any atom is 0.307 e. The summed E-state index contributed by atoms with van der Waals surface area (Å²) in [6, 6.07) is 0. The fourth-order valence-corrected chi connectivity index (χ4v) is 8.66. The third kappa shape index (κ3) is 22.7. The van der Waals surface area contributed by atoms with Crippen LogP contribution in [0, 0.1) is 23.7 Å². The second-order valence-corrected chi connectivity index (χ2v) is 15.4. The molecule has 0 aromatic rings. The number of ether oxygens (including phenoxy) is 1. The molecule has 0 rings (SSSR count). The van der Waals surface area contributed by atoms with Gasteiger partial charge in [0.25, 0.3) is 0 Å². The van der Waals surface area contributed by atoms with Crippen molar-refractivity contribution in [2.75, 3.05) is 24.7 Å². The lowest BCUT2D eigenvalue weighted by Gasteiger charge is -2.25. The SMILES string of the molecule is CCCCCCC(CCCC)CSC(CCOCCC(SCC(CCCC)CCCCCC)C(C)C(=O)O)C(C)C(=O)O. The molecule has 2 N–H and O–H groups in total. The summed E-state index contributed by atoms with van der Waals surface area (Å²) < 4.78 is 6.07. The van der Waals surface area contributed by atoms with Crippen LogP contribution in [0.15, 0.2) is 0 Å². The van der Waals surface area contributed by atoms with Crippen molar-refractivity contribution >= 4 is 35.5 Å². The molecule has 0 aliphatic rings. The smallest absolute Gasteiger partial charge is 0.307 e. The Labute approximate surface area is 275 Å². The van der Waals surface area contributed by atoms with Crippen molar-refractivity contribution in [2.45, 2.75) is 168 Å². The summed E-state index contributed by atoms with van der Waals surface area (Å²) in [6.07, 6.45) is 21.5. The van der Waals surface area contributed by atoms with E-state index in [1.54, 1.807) is 0 Å². The van der Waals surface area contributed by atoms with Gasteiger partial charge in [0.15, 0.2) is 0 Å². The summed E-state index contributed by atoms with van der Waals surface area (Å²) in [7, 11) is 0. The molecular formula is C36H70O5S2. The highest BCUT2D eigenvalue weighted by Gasteiger charge is 2.27. The lowest BCUT2D eigenvalue weighted by atomic mass is 9.97. The predicted molar refractivity (Wildman–Crippen MR) is 190 cm³/mol. The first-order valence-electron chi connectivity index (χ1n) is 18.0. The molecule has 0 amide bonds. The van der Waals surface area contributed by atoms with Gasteiger partial charge >= 0.3 is 11.9 Å². The van der Waals surface area contributed by atoms with E-state index in [4.69, 9.17) is 4.74 Å². The van der Waals surface area contributed by atoms with Crippen molar-refractivity contribution in [1.82, 2.24) is 0 Å². The van der Waals surface area contributed by atoms with Gasteiger partial charge in [-0.15, -0.1) is 0 Å². The first-order chi connectivity index (χ1) is 20.7. The Kier molecular flexibility index (Phi) is 28.8. The number of carboxylic acid groups (broad SMARTS) is 2. The average molecular weight is 647 g/mol. The van der Waals surface area contributed by atoms with Crippen molar-refractivity contribution < 1.29 is 24.5 Å². The molecule has 0 aromatic heterocycles. The van der Waals surface area contributed by atoms with Crippen molar-refractivity contribution in [3.05, 3.63) is 0 Å². The number of carboxylic acids is 2. The Bertz CT molecular complexity index is 608. The molecule has 0 aromatic carbocycles. The van der Waals surface area contributed by atoms with Crippen molar-refractivity contribution in [3.63, 3.8) is 0 Å². The standard InChI is InChI=1S/C36H70O5S2/c1-7-11-15-17-21-31(19-13-9-3)27-42-33(29(5)35(37)38)23-25-41-26-24-34(30(6)36(39)40)43-28-32(20-14-10-4)22-18-16-12-8-2/h29-34H,7-28H2,1-6H3,(H,37,38)(H,39,40). The van der Waals surface area contributed by atoms with Gasteiger partial charge in [-0.2, -0.15) is 23.5 Å². The number of carbonyl (C=O) groups is 2. The van der Waals surface area contributed by atoms with Crippen LogP contribution in [0.3, 0.4) is 0 Å². The Morgan fingerprint density at radius 1 is 0.535 bits per heavy atom. The number of unbranched alkanes of at least 4 members (excludes halogenated alkanes) is 8. The summed E-state index contributed by atoms with van der Waals surface area (Å²) in [5.41, 5.74) is 0. The van der Waals surface area contributed by atoms with Crippen LogP contribution < -0.4 is 0 Å². The van der Waals surface area contributed by atoms with Crippen molar-refractivity contribution in [1.29, 1.82) is 0 Å². The van der Waals surface area contributed by atoms with E-state index < -0.39 is 23.8 Å². The molecule has 0 spiro atoms. The van der Waals surface area contributed by atoms with Crippen molar-refractivity contribution in [3.8, 4) is 0 Å². The molecular weight excluding hydrogens is 577 g/mol. The lowest BCUT2D eigenvalue weighted by Crippen LogP contribution is -2.27. The quantitative estimate of drug-likeness (QED) is 0.0703. The molecule has 256 valence electrons. The van der Waals surface area contributed by atoms with Crippen LogP contribution in [-0.2, 0) is 14.3 Å². The second kappa shape index (κ2) is 29.0. The van der Waals surface area contributed by atoms with Crippen LogP contribution in [0.25, 0.3) is 0 Å². The van der Waals surface area contributed by atoms with E-state index in [1.165, 1.54) is 103 Å². The largest absolute Gasteiger partial charge is 0.481 e. The molecule has 0 bridgehead atoms. The zero-order valence-corrected chi connectivity index (χ0v) is 30.6. The minimum atomic E-state index is -0.732. The van der Waals surface area contributed by atoms with E-state index in [9.17, 15) is 19.8 Å². The molecule has 5 nitrogen and oxygen atoms in total. The molecule has 0 aliphatic heterocycles. The number of rotatable bonds is 32. The summed E-state index contributed by atoms with van der Waals surface area (Å²) in [4.78, 5) is 23.8. The van der Waals surface area contributed by atoms with Crippen LogP contribution in [0.1, 0.15) is 157 Å². The Balaban J connectivity index is 4.93. The first kappa shape index (κ1) is 42.6. The molecule has 0 radical (unpaired) electrons. The number of hydrogen-bond donors (Lipinski definition) is 2. The molecule has 6 atom stereocenters. The van der Waals surface area contributed by atoms with Gasteiger partial charge < -0.3 is 14.9 Å². The van der Waals surface area contributed by atoms with E-state index >= 15 is 0 Å². The predicted octanol–water partition coefficient (Wildman–Crippen LogP) is 11.0. The van der Waals surface area contributed by atoms with Crippen LogP contribution in [0.4, 0.5) is 0 Å². The van der Waals surface area contributed by atoms with E-state index in [1.807, 2.05) is 37.4 Å². The average Bonchev–Trinajstić information content (AvgIpc) is 2.99. The van der Waals surface area contributed by atoms with Crippen LogP contribution in [0.2, 0.25) is 0 Å². The highest BCUT2D eigenvalue weighted by atomic mass is 32.2. The summed E-state index contributed by atoms with van der Waals surface area (Å²) in [6.45, 7) is 13.7. The van der Waals surface area contributed by atoms with E-state index in [2.05, 4.69) is 27.7 Å². The van der Waals surface area contributed by atoms with Gasteiger partial charge in [0, 0.05) is 23.7 Å². The van der Waals surface area contributed by atoms with Gasteiger partial charge in [-0.1, -0.05) is 119 Å². The number of hydrogen-bond acceptors (Lipinski definition) is 5. The van der Waals surface area contributed by atoms with Crippen LogP contribution in [-0.4, -0.2) is 57.4 Å². The Hall–Kier alpha value is -0.400. The highest BCUT2D eigenvalue weighted by molar-refractivity contribution is 8.00. The second-order valence-electron chi connectivity index (χ2n) is 12.9. The van der Waals surface area contributed by atoms with E-state index in [0.717, 1.165) is 24.3 Å². The fourth-order valence-electron chi connectivity index (χ4n) is 5.62. The third-order valence-corrected chi connectivity index (χ3v) is 12.4. The topological polar surface area (TPSA) is 83.8 Å².